The molecule has 0 radical (unpaired) electrons. The van der Waals surface area contributed by atoms with Gasteiger partial charge in [-0.15, -0.1) is 21.5 Å². The summed E-state index contributed by atoms with van der Waals surface area (Å²) in [5.41, 5.74) is 0. The lowest BCUT2D eigenvalue weighted by molar-refractivity contribution is -0.147. The Hall–Kier alpha value is -2.51. The van der Waals surface area contributed by atoms with E-state index in [2.05, 4.69) is 33.2 Å². The molecule has 0 amide bonds. The molecule has 0 bridgehead atoms. The van der Waals surface area contributed by atoms with Gasteiger partial charge in [-0.05, 0) is 26.3 Å². The van der Waals surface area contributed by atoms with E-state index < -0.39 is 17.8 Å². The second-order valence-corrected chi connectivity index (χ2v) is 9.90. The first-order valence-electron chi connectivity index (χ1n) is 11.1. The Morgan fingerprint density at radius 2 is 2.06 bits per heavy atom. The molecule has 1 unspecified atom stereocenters. The molecule has 2 aliphatic heterocycles. The van der Waals surface area contributed by atoms with Crippen LogP contribution in [-0.4, -0.2) is 56.4 Å². The number of aromatic nitrogens is 5. The van der Waals surface area contributed by atoms with Crippen molar-refractivity contribution in [3.8, 4) is 6.01 Å². The third-order valence-corrected chi connectivity index (χ3v) is 6.76. The van der Waals surface area contributed by atoms with Crippen LogP contribution in [0.4, 0.5) is 19.0 Å². The van der Waals surface area contributed by atoms with Crippen LogP contribution in [0, 0.1) is 0 Å². The minimum atomic E-state index is -4.54. The fourth-order valence-electron chi connectivity index (χ4n) is 4.17. The Morgan fingerprint density at radius 1 is 1.24 bits per heavy atom. The van der Waals surface area contributed by atoms with Crippen LogP contribution >= 0.6 is 11.3 Å². The Balaban J connectivity index is 1.44. The largest absolute Gasteiger partial charge is 0.461 e. The summed E-state index contributed by atoms with van der Waals surface area (Å²) in [6, 6.07) is 2.25. The van der Waals surface area contributed by atoms with Crippen LogP contribution in [0.1, 0.15) is 43.7 Å². The molecule has 1 saturated heterocycles. The Labute approximate surface area is 197 Å². The van der Waals surface area contributed by atoms with E-state index in [1.165, 1.54) is 4.88 Å². The minimum absolute atomic E-state index is 0.104. The number of alkyl halides is 3. The summed E-state index contributed by atoms with van der Waals surface area (Å²) >= 11 is 1.57. The highest BCUT2D eigenvalue weighted by molar-refractivity contribution is 7.18. The van der Waals surface area contributed by atoms with E-state index in [1.807, 2.05) is 18.7 Å². The summed E-state index contributed by atoms with van der Waals surface area (Å²) in [6.45, 7) is 7.00. The quantitative estimate of drug-likeness (QED) is 0.507. The molecule has 0 spiro atoms. The summed E-state index contributed by atoms with van der Waals surface area (Å²) in [7, 11) is 0. The van der Waals surface area contributed by atoms with Gasteiger partial charge in [-0.3, -0.25) is 0 Å². The highest BCUT2D eigenvalue weighted by atomic mass is 32.1. The normalized spacial score (nSPS) is 20.2. The molecule has 5 heterocycles. The number of rotatable bonds is 6. The molecule has 1 atom stereocenters. The fourth-order valence-corrected chi connectivity index (χ4v) is 5.29. The molecule has 0 N–H and O–H groups in total. The van der Waals surface area contributed by atoms with E-state index in [0.29, 0.717) is 19.0 Å². The Morgan fingerprint density at radius 3 is 2.76 bits per heavy atom. The molecule has 0 saturated carbocycles. The average molecular weight is 499 g/mol. The lowest BCUT2D eigenvalue weighted by Gasteiger charge is -2.29. The lowest BCUT2D eigenvalue weighted by Crippen LogP contribution is -2.36. The van der Waals surface area contributed by atoms with Crippen LogP contribution in [-0.2, 0) is 35.2 Å². The molecule has 3 aromatic rings. The summed E-state index contributed by atoms with van der Waals surface area (Å²) in [4.78, 5) is 13.1. The molecule has 0 aromatic carbocycles. The molecule has 34 heavy (non-hydrogen) atoms. The van der Waals surface area contributed by atoms with E-state index in [9.17, 15) is 13.2 Å². The first-order chi connectivity index (χ1) is 16.1. The van der Waals surface area contributed by atoms with Gasteiger partial charge < -0.3 is 23.7 Å². The van der Waals surface area contributed by atoms with Crippen LogP contribution in [0.2, 0.25) is 0 Å². The molecular formula is C21H25F3N6O3S. The molecule has 5 rings (SSSR count). The van der Waals surface area contributed by atoms with Crippen molar-refractivity contribution in [3.63, 3.8) is 0 Å². The maximum absolute atomic E-state index is 13.2. The van der Waals surface area contributed by atoms with Crippen LogP contribution < -0.4 is 9.64 Å². The van der Waals surface area contributed by atoms with Gasteiger partial charge >= 0.3 is 12.2 Å². The minimum Gasteiger partial charge on any atom is -0.461 e. The second-order valence-electron chi connectivity index (χ2n) is 8.78. The van der Waals surface area contributed by atoms with Gasteiger partial charge in [-0.25, -0.2) is 0 Å². The zero-order valence-electron chi connectivity index (χ0n) is 19.1. The van der Waals surface area contributed by atoms with Gasteiger partial charge in [0.15, 0.2) is 11.6 Å². The number of nitrogens with zero attached hydrogens (tertiary/aromatic N) is 6. The molecular weight excluding hydrogens is 473 g/mol. The van der Waals surface area contributed by atoms with E-state index in [1.54, 1.807) is 11.3 Å². The van der Waals surface area contributed by atoms with Crippen LogP contribution in [0.15, 0.2) is 6.07 Å². The zero-order chi connectivity index (χ0) is 24.1. The number of ether oxygens (including phenoxy) is 3. The zero-order valence-corrected chi connectivity index (χ0v) is 19.9. The maximum Gasteiger partial charge on any atom is 0.451 e. The topological polar surface area (TPSA) is 87.4 Å². The Kier molecular flexibility index (Phi) is 5.89. The van der Waals surface area contributed by atoms with E-state index >= 15 is 0 Å². The van der Waals surface area contributed by atoms with E-state index in [-0.39, 0.29) is 37.6 Å². The van der Waals surface area contributed by atoms with Gasteiger partial charge in [0.05, 0.1) is 18.5 Å². The van der Waals surface area contributed by atoms with Gasteiger partial charge in [0.1, 0.15) is 23.4 Å². The van der Waals surface area contributed by atoms with Crippen molar-refractivity contribution < 1.29 is 27.4 Å². The van der Waals surface area contributed by atoms with Gasteiger partial charge in [-0.1, -0.05) is 13.3 Å². The van der Waals surface area contributed by atoms with Crippen molar-refractivity contribution in [1.29, 1.82) is 0 Å². The predicted octanol–water partition coefficient (Wildman–Crippen LogP) is 3.80. The monoisotopic (exact) mass is 498 g/mol. The van der Waals surface area contributed by atoms with Crippen molar-refractivity contribution >= 4 is 27.4 Å². The number of hydrogen-bond donors (Lipinski definition) is 0. The molecule has 0 aliphatic carbocycles. The first-order valence-corrected chi connectivity index (χ1v) is 11.9. The molecule has 184 valence electrons. The standard InChI is InChI=1S/C21H25F3N6O3S/c1-4-5-13-8-14-16(29-6-7-30-15(9-29)27-28-18(30)21(22,23)24)25-19(26-17(14)34-13)31-10-12-11-32-20(2,3)33-12/h8,12H,4-7,9-11H2,1-3H3. The van der Waals surface area contributed by atoms with E-state index in [4.69, 9.17) is 14.2 Å². The highest BCUT2D eigenvalue weighted by Crippen LogP contribution is 2.36. The molecule has 2 aliphatic rings. The van der Waals surface area contributed by atoms with Crippen molar-refractivity contribution in [2.45, 2.75) is 64.8 Å². The van der Waals surface area contributed by atoms with E-state index in [0.717, 1.165) is 27.6 Å². The van der Waals surface area contributed by atoms with Gasteiger partial charge in [0, 0.05) is 18.0 Å². The smallest absolute Gasteiger partial charge is 0.451 e. The predicted molar refractivity (Wildman–Crippen MR) is 118 cm³/mol. The molecule has 13 heteroatoms. The summed E-state index contributed by atoms with van der Waals surface area (Å²) in [5.74, 6) is -0.770. The molecule has 9 nitrogen and oxygen atoms in total. The first kappa shape index (κ1) is 23.2. The summed E-state index contributed by atoms with van der Waals surface area (Å²) < 4.78 is 58.1. The fraction of sp³-hybridized carbons (Fsp3) is 0.619. The van der Waals surface area contributed by atoms with Crippen molar-refractivity contribution in [2.24, 2.45) is 0 Å². The highest BCUT2D eigenvalue weighted by Gasteiger charge is 2.40. The Bertz CT molecular complexity index is 1190. The third-order valence-electron chi connectivity index (χ3n) is 5.67. The number of hydrogen-bond acceptors (Lipinski definition) is 9. The van der Waals surface area contributed by atoms with Crippen molar-refractivity contribution in [3.05, 3.63) is 22.6 Å². The van der Waals surface area contributed by atoms with Gasteiger partial charge in [-0.2, -0.15) is 23.1 Å². The van der Waals surface area contributed by atoms with Crippen LogP contribution in [0.3, 0.4) is 0 Å². The third kappa shape index (κ3) is 4.56. The van der Waals surface area contributed by atoms with Crippen LogP contribution in [0.5, 0.6) is 6.01 Å². The van der Waals surface area contributed by atoms with Crippen LogP contribution in [0.25, 0.3) is 10.2 Å². The van der Waals surface area contributed by atoms with Crippen molar-refractivity contribution in [1.82, 2.24) is 24.7 Å². The molecule has 3 aromatic heterocycles. The number of halogens is 3. The number of aryl methyl sites for hydroxylation is 1. The van der Waals surface area contributed by atoms with Crippen molar-refractivity contribution in [2.75, 3.05) is 24.7 Å². The summed E-state index contributed by atoms with van der Waals surface area (Å²) in [5, 5.41) is 8.01. The van der Waals surface area contributed by atoms with Gasteiger partial charge in [0.2, 0.25) is 5.82 Å². The summed E-state index contributed by atoms with van der Waals surface area (Å²) in [6.07, 6.45) is -2.89. The SMILES string of the molecule is CCCc1cc2c(N3CCn4c(nnc4C(F)(F)F)C3)nc(OCC3COC(C)(C)O3)nc2s1. The number of fused-ring (bicyclic) bond motifs is 2. The second kappa shape index (κ2) is 8.61. The lowest BCUT2D eigenvalue weighted by atomic mass is 10.2. The average Bonchev–Trinajstić information content (AvgIpc) is 3.46. The molecule has 1 fully saturated rings. The maximum atomic E-state index is 13.2. The van der Waals surface area contributed by atoms with Gasteiger partial charge in [0.25, 0.3) is 0 Å². The number of thiophene rings is 1. The number of anilines is 1.